The normalized spacial score (nSPS) is 11.4. The van der Waals surface area contributed by atoms with Crippen LogP contribution in [0.15, 0.2) is 91.4 Å². The van der Waals surface area contributed by atoms with Crippen LogP contribution in [0.1, 0.15) is 54.5 Å². The molecule has 0 aliphatic heterocycles. The summed E-state index contributed by atoms with van der Waals surface area (Å²) < 4.78 is 10.6. The molecule has 3 aromatic heterocycles. The second-order valence-corrected chi connectivity index (χ2v) is 12.2. The van der Waals surface area contributed by atoms with Gasteiger partial charge in [-0.3, -0.25) is 4.68 Å². The van der Waals surface area contributed by atoms with Crippen LogP contribution >= 0.6 is 0 Å². The minimum Gasteiger partial charge on any atom is -0.509 e. The molecule has 0 radical (unpaired) electrons. The molecule has 0 bridgehead atoms. The standard InChI is InChI=1S/C40H36N4O.Pt/c1-7-29-14-15-41-39(18-29)44-37-11-9-8-10-35(37)36-13-12-33(22-38(36)44)45-34-20-30(25(2)3)19-32(21-34)43-24-31(23-42-43)40-27(5)16-26(4)17-28(40)6;/h8-20,23-25H,7H2,1-6H3;/q-2;+2. The molecule has 0 atom stereocenters. The Balaban J connectivity index is 0.00000372. The van der Waals surface area contributed by atoms with Crippen LogP contribution in [0.3, 0.4) is 0 Å². The van der Waals surface area contributed by atoms with Crippen molar-refractivity contribution in [2.75, 3.05) is 0 Å². The SMILES string of the molecule is CCc1ccnc(-n2c3[c-]c(Oc4[c-]c(-n5cc(-c6c(C)cc(C)cc6C)cn5)cc(C(C)C)c4)ccc3c3ccccc32)c1.[Pt+2]. The van der Waals surface area contributed by atoms with Crippen molar-refractivity contribution in [3.8, 4) is 34.1 Å². The second kappa shape index (κ2) is 12.7. The van der Waals surface area contributed by atoms with E-state index in [9.17, 15) is 0 Å². The van der Waals surface area contributed by atoms with Crippen LogP contribution in [0.25, 0.3) is 44.4 Å². The van der Waals surface area contributed by atoms with Gasteiger partial charge in [0, 0.05) is 35.0 Å². The van der Waals surface area contributed by atoms with E-state index in [1.165, 1.54) is 27.8 Å². The van der Waals surface area contributed by atoms with Crippen LogP contribution < -0.4 is 4.74 Å². The largest absolute Gasteiger partial charge is 2.00 e. The zero-order chi connectivity index (χ0) is 31.2. The molecule has 3 heterocycles. The maximum absolute atomic E-state index is 6.53. The van der Waals surface area contributed by atoms with Crippen molar-refractivity contribution in [2.24, 2.45) is 0 Å². The number of aromatic nitrogens is 4. The second-order valence-electron chi connectivity index (χ2n) is 12.2. The minimum absolute atomic E-state index is 0. The monoisotopic (exact) mass is 783 g/mol. The Kier molecular flexibility index (Phi) is 8.72. The summed E-state index contributed by atoms with van der Waals surface area (Å²) >= 11 is 0. The zero-order valence-corrected chi connectivity index (χ0v) is 29.2. The summed E-state index contributed by atoms with van der Waals surface area (Å²) in [6, 6.07) is 32.4. The first kappa shape index (κ1) is 31.5. The molecular weight excluding hydrogens is 748 g/mol. The van der Waals surface area contributed by atoms with E-state index < -0.39 is 0 Å². The average Bonchev–Trinajstić information content (AvgIpc) is 3.63. The first-order valence-electron chi connectivity index (χ1n) is 15.6. The number of fused-ring (bicyclic) bond motifs is 3. The van der Waals surface area contributed by atoms with Gasteiger partial charge in [0.2, 0.25) is 0 Å². The van der Waals surface area contributed by atoms with E-state index in [0.29, 0.717) is 17.4 Å². The van der Waals surface area contributed by atoms with Gasteiger partial charge in [0.15, 0.2) is 0 Å². The molecule has 4 aromatic carbocycles. The number of pyridine rings is 1. The van der Waals surface area contributed by atoms with Crippen molar-refractivity contribution in [3.63, 3.8) is 0 Å². The molecule has 0 N–H and O–H groups in total. The number of benzene rings is 4. The maximum atomic E-state index is 6.53. The molecule has 0 amide bonds. The molecule has 0 spiro atoms. The molecule has 46 heavy (non-hydrogen) atoms. The van der Waals surface area contributed by atoms with Crippen molar-refractivity contribution < 1.29 is 25.8 Å². The summed E-state index contributed by atoms with van der Waals surface area (Å²) in [6.45, 7) is 13.0. The molecule has 0 saturated heterocycles. The predicted octanol–water partition coefficient (Wildman–Crippen LogP) is 10.0. The molecule has 0 saturated carbocycles. The third-order valence-corrected chi connectivity index (χ3v) is 8.54. The summed E-state index contributed by atoms with van der Waals surface area (Å²) in [7, 11) is 0. The van der Waals surface area contributed by atoms with Crippen LogP contribution in [0.5, 0.6) is 11.5 Å². The van der Waals surface area contributed by atoms with Crippen molar-refractivity contribution in [1.29, 1.82) is 0 Å². The molecular formula is C40H36N4OPt. The van der Waals surface area contributed by atoms with E-state index in [1.54, 1.807) is 0 Å². The molecule has 0 unspecified atom stereocenters. The summed E-state index contributed by atoms with van der Waals surface area (Å²) in [5, 5.41) is 7.01. The van der Waals surface area contributed by atoms with Crippen molar-refractivity contribution >= 4 is 21.8 Å². The quantitative estimate of drug-likeness (QED) is 0.151. The number of hydrogen-bond acceptors (Lipinski definition) is 3. The van der Waals surface area contributed by atoms with Crippen LogP contribution in [-0.4, -0.2) is 19.3 Å². The van der Waals surface area contributed by atoms with E-state index in [0.717, 1.165) is 50.9 Å². The summed E-state index contributed by atoms with van der Waals surface area (Å²) in [5.41, 5.74) is 11.3. The van der Waals surface area contributed by atoms with Gasteiger partial charge in [-0.25, -0.2) is 4.98 Å². The number of nitrogens with zero attached hydrogens (tertiary/aromatic N) is 4. The number of ether oxygens (including phenoxy) is 1. The summed E-state index contributed by atoms with van der Waals surface area (Å²) in [6.07, 6.45) is 6.84. The van der Waals surface area contributed by atoms with E-state index >= 15 is 0 Å². The Bertz CT molecular complexity index is 2180. The molecule has 5 nitrogen and oxygen atoms in total. The summed E-state index contributed by atoms with van der Waals surface area (Å²) in [5.74, 6) is 2.41. The smallest absolute Gasteiger partial charge is 0.509 e. The van der Waals surface area contributed by atoms with E-state index in [4.69, 9.17) is 14.8 Å². The first-order valence-corrected chi connectivity index (χ1v) is 15.6. The van der Waals surface area contributed by atoms with Gasteiger partial charge in [-0.15, -0.1) is 41.3 Å². The van der Waals surface area contributed by atoms with Gasteiger partial charge in [-0.05, 0) is 84.6 Å². The third kappa shape index (κ3) is 5.81. The Labute approximate surface area is 285 Å². The number of hydrogen-bond donors (Lipinski definition) is 0. The molecule has 7 rings (SSSR count). The Morgan fingerprint density at radius 3 is 2.39 bits per heavy atom. The number of rotatable bonds is 7. The molecule has 0 aliphatic rings. The van der Waals surface area contributed by atoms with E-state index in [-0.39, 0.29) is 21.1 Å². The van der Waals surface area contributed by atoms with Crippen molar-refractivity contribution in [1.82, 2.24) is 19.3 Å². The van der Waals surface area contributed by atoms with Crippen molar-refractivity contribution in [3.05, 3.63) is 131 Å². The van der Waals surface area contributed by atoms with Gasteiger partial charge in [0.05, 0.1) is 6.20 Å². The zero-order valence-electron chi connectivity index (χ0n) is 27.0. The van der Waals surface area contributed by atoms with E-state index in [2.05, 4.69) is 131 Å². The summed E-state index contributed by atoms with van der Waals surface area (Å²) in [4.78, 5) is 4.75. The van der Waals surface area contributed by atoms with Gasteiger partial charge in [-0.1, -0.05) is 62.2 Å². The Hall–Kier alpha value is -4.47. The topological polar surface area (TPSA) is 44.9 Å². The van der Waals surface area contributed by atoms with Gasteiger partial charge in [-0.2, -0.15) is 11.2 Å². The number of aryl methyl sites for hydroxylation is 4. The maximum Gasteiger partial charge on any atom is 2.00 e. The molecule has 0 fully saturated rings. The number of para-hydroxylation sites is 1. The fourth-order valence-corrected chi connectivity index (χ4v) is 6.37. The van der Waals surface area contributed by atoms with Gasteiger partial charge in [0.1, 0.15) is 5.82 Å². The third-order valence-electron chi connectivity index (χ3n) is 8.54. The predicted molar refractivity (Wildman–Crippen MR) is 183 cm³/mol. The van der Waals surface area contributed by atoms with Gasteiger partial charge in [0.25, 0.3) is 0 Å². The fourth-order valence-electron chi connectivity index (χ4n) is 6.37. The van der Waals surface area contributed by atoms with Crippen LogP contribution in [0.4, 0.5) is 0 Å². The molecule has 232 valence electrons. The molecule has 6 heteroatoms. The average molecular weight is 784 g/mol. The van der Waals surface area contributed by atoms with Crippen molar-refractivity contribution in [2.45, 2.75) is 53.9 Å². The Morgan fingerprint density at radius 1 is 0.848 bits per heavy atom. The minimum atomic E-state index is 0. The fraction of sp³-hybridized carbons (Fsp3) is 0.200. The Morgan fingerprint density at radius 2 is 1.63 bits per heavy atom. The first-order chi connectivity index (χ1) is 21.8. The van der Waals surface area contributed by atoms with E-state index in [1.807, 2.05) is 23.1 Å². The molecule has 7 aromatic rings. The molecule has 0 aliphatic carbocycles. The van der Waals surface area contributed by atoms with Gasteiger partial charge >= 0.3 is 21.1 Å². The van der Waals surface area contributed by atoms with Gasteiger partial charge < -0.3 is 9.30 Å². The van der Waals surface area contributed by atoms with Crippen LogP contribution in [0.2, 0.25) is 0 Å². The van der Waals surface area contributed by atoms with Crippen LogP contribution in [0, 0.1) is 32.9 Å². The van der Waals surface area contributed by atoms with Crippen LogP contribution in [-0.2, 0) is 27.5 Å².